The number of carbonyl (C=O) groups excluding carboxylic acids is 2. The second kappa shape index (κ2) is 10.5. The molecule has 1 saturated heterocycles. The molecular formula is C25H28ClN3O2S. The third kappa shape index (κ3) is 5.48. The number of rotatable bonds is 7. The molecule has 2 amide bonds. The smallest absolute Gasteiger partial charge is 0.251 e. The van der Waals surface area contributed by atoms with Crippen LogP contribution in [0.4, 0.5) is 0 Å². The average Bonchev–Trinajstić information content (AvgIpc) is 3.16. The highest BCUT2D eigenvalue weighted by Crippen LogP contribution is 2.30. The maximum atomic E-state index is 12.7. The van der Waals surface area contributed by atoms with Gasteiger partial charge >= 0.3 is 0 Å². The Balaban J connectivity index is 1.37. The standard InChI is InChI=1S/C25H28ClN3O2S/c1-18-10-13-28(14-11-18)24(30)17-32-23-16-29(22-5-3-2-4-21(22)23)15-12-27-25(31)19-6-8-20(26)9-7-19/h2-9,16,18H,10-15,17H2,1H3,(H,27,31). The van der Waals surface area contributed by atoms with E-state index in [1.165, 1.54) is 0 Å². The van der Waals surface area contributed by atoms with Crippen LogP contribution in [0.2, 0.25) is 5.02 Å². The highest BCUT2D eigenvalue weighted by Gasteiger charge is 2.21. The van der Waals surface area contributed by atoms with Gasteiger partial charge in [0.05, 0.1) is 5.75 Å². The first-order valence-electron chi connectivity index (χ1n) is 11.0. The third-order valence-electron chi connectivity index (χ3n) is 5.98. The fourth-order valence-electron chi connectivity index (χ4n) is 4.00. The van der Waals surface area contributed by atoms with E-state index in [1.54, 1.807) is 36.0 Å². The van der Waals surface area contributed by atoms with Crippen LogP contribution in [0, 0.1) is 5.92 Å². The van der Waals surface area contributed by atoms with Crippen LogP contribution in [0.25, 0.3) is 10.9 Å². The van der Waals surface area contributed by atoms with Crippen molar-refractivity contribution in [3.63, 3.8) is 0 Å². The number of nitrogens with one attached hydrogen (secondary N) is 1. The summed E-state index contributed by atoms with van der Waals surface area (Å²) in [6.07, 6.45) is 4.28. The normalized spacial score (nSPS) is 14.6. The topological polar surface area (TPSA) is 54.3 Å². The molecule has 4 rings (SSSR count). The van der Waals surface area contributed by atoms with Crippen molar-refractivity contribution >= 4 is 46.1 Å². The monoisotopic (exact) mass is 469 g/mol. The molecule has 0 bridgehead atoms. The molecule has 0 radical (unpaired) electrons. The van der Waals surface area contributed by atoms with Gasteiger partial charge in [-0.3, -0.25) is 9.59 Å². The van der Waals surface area contributed by atoms with Gasteiger partial charge in [-0.2, -0.15) is 0 Å². The molecule has 3 aromatic rings. The maximum absolute atomic E-state index is 12.7. The van der Waals surface area contributed by atoms with Crippen LogP contribution in [0.1, 0.15) is 30.1 Å². The minimum atomic E-state index is -0.117. The highest BCUT2D eigenvalue weighted by molar-refractivity contribution is 8.00. The van der Waals surface area contributed by atoms with Gasteiger partial charge in [0, 0.05) is 58.8 Å². The van der Waals surface area contributed by atoms with Gasteiger partial charge in [-0.15, -0.1) is 11.8 Å². The van der Waals surface area contributed by atoms with E-state index in [-0.39, 0.29) is 11.8 Å². The molecule has 0 aliphatic carbocycles. The molecule has 0 saturated carbocycles. The molecule has 0 spiro atoms. The molecule has 1 aliphatic rings. The van der Waals surface area contributed by atoms with Crippen molar-refractivity contribution in [1.82, 2.24) is 14.8 Å². The van der Waals surface area contributed by atoms with Gasteiger partial charge in [0.25, 0.3) is 5.91 Å². The van der Waals surface area contributed by atoms with Gasteiger partial charge in [0.15, 0.2) is 0 Å². The molecule has 0 atom stereocenters. The minimum absolute atomic E-state index is 0.117. The molecular weight excluding hydrogens is 442 g/mol. The van der Waals surface area contributed by atoms with Crippen molar-refractivity contribution in [2.45, 2.75) is 31.2 Å². The molecule has 1 aliphatic heterocycles. The summed E-state index contributed by atoms with van der Waals surface area (Å²) in [5, 5.41) is 4.72. The molecule has 1 fully saturated rings. The van der Waals surface area contributed by atoms with E-state index in [4.69, 9.17) is 11.6 Å². The van der Waals surface area contributed by atoms with Crippen LogP contribution in [-0.4, -0.2) is 46.7 Å². The van der Waals surface area contributed by atoms with Gasteiger partial charge in [-0.05, 0) is 49.1 Å². The highest BCUT2D eigenvalue weighted by atomic mass is 35.5. The number of benzene rings is 2. The Kier molecular flexibility index (Phi) is 7.43. The van der Waals surface area contributed by atoms with Gasteiger partial charge in [-0.1, -0.05) is 36.7 Å². The van der Waals surface area contributed by atoms with E-state index in [9.17, 15) is 9.59 Å². The Morgan fingerprint density at radius 2 is 1.81 bits per heavy atom. The lowest BCUT2D eigenvalue weighted by atomic mass is 9.99. The van der Waals surface area contributed by atoms with E-state index >= 15 is 0 Å². The summed E-state index contributed by atoms with van der Waals surface area (Å²) < 4.78 is 2.15. The summed E-state index contributed by atoms with van der Waals surface area (Å²) >= 11 is 7.49. The zero-order chi connectivity index (χ0) is 22.5. The summed E-state index contributed by atoms with van der Waals surface area (Å²) in [7, 11) is 0. The molecule has 7 heteroatoms. The second-order valence-electron chi connectivity index (χ2n) is 8.32. The van der Waals surface area contributed by atoms with Crippen molar-refractivity contribution in [2.24, 2.45) is 5.92 Å². The average molecular weight is 470 g/mol. The summed E-state index contributed by atoms with van der Waals surface area (Å²) in [6.45, 7) is 5.15. The molecule has 2 heterocycles. The lowest BCUT2D eigenvalue weighted by Gasteiger charge is -2.30. The second-order valence-corrected chi connectivity index (χ2v) is 9.77. The zero-order valence-corrected chi connectivity index (χ0v) is 19.8. The van der Waals surface area contributed by atoms with Crippen molar-refractivity contribution in [1.29, 1.82) is 0 Å². The molecule has 2 aromatic carbocycles. The lowest BCUT2D eigenvalue weighted by Crippen LogP contribution is -2.38. The summed E-state index contributed by atoms with van der Waals surface area (Å²) in [5.41, 5.74) is 1.70. The quantitative estimate of drug-likeness (QED) is 0.491. The number of hydrogen-bond donors (Lipinski definition) is 1. The van der Waals surface area contributed by atoms with Gasteiger partial charge in [0.2, 0.25) is 5.91 Å². The SMILES string of the molecule is CC1CCN(C(=O)CSc2cn(CCNC(=O)c3ccc(Cl)cc3)c3ccccc23)CC1. The Morgan fingerprint density at radius 1 is 1.09 bits per heavy atom. The number of likely N-dealkylation sites (tertiary alicyclic amines) is 1. The Labute approximate surface area is 198 Å². The van der Waals surface area contributed by atoms with Crippen molar-refractivity contribution in [3.8, 4) is 0 Å². The van der Waals surface area contributed by atoms with Gasteiger partial charge in [0.1, 0.15) is 0 Å². The van der Waals surface area contributed by atoms with Crippen molar-refractivity contribution in [2.75, 3.05) is 25.4 Å². The minimum Gasteiger partial charge on any atom is -0.350 e. The number of para-hydroxylation sites is 1. The Hall–Kier alpha value is -2.44. The molecule has 5 nitrogen and oxygen atoms in total. The molecule has 32 heavy (non-hydrogen) atoms. The van der Waals surface area contributed by atoms with Crippen LogP contribution in [0.3, 0.4) is 0 Å². The number of nitrogens with zero attached hydrogens (tertiary/aromatic N) is 2. The van der Waals surface area contributed by atoms with Crippen LogP contribution in [0.15, 0.2) is 59.6 Å². The van der Waals surface area contributed by atoms with Crippen LogP contribution in [0.5, 0.6) is 0 Å². The predicted molar refractivity (Wildman–Crippen MR) is 131 cm³/mol. The van der Waals surface area contributed by atoms with E-state index in [0.717, 1.165) is 41.7 Å². The van der Waals surface area contributed by atoms with Crippen molar-refractivity contribution < 1.29 is 9.59 Å². The van der Waals surface area contributed by atoms with Gasteiger partial charge in [-0.25, -0.2) is 0 Å². The van der Waals surface area contributed by atoms with E-state index in [1.807, 2.05) is 17.0 Å². The van der Waals surface area contributed by atoms with E-state index < -0.39 is 0 Å². The number of piperidine rings is 1. The number of hydrogen-bond acceptors (Lipinski definition) is 3. The Bertz CT molecular complexity index is 1090. The fourth-order valence-corrected chi connectivity index (χ4v) is 5.11. The van der Waals surface area contributed by atoms with Crippen LogP contribution in [-0.2, 0) is 11.3 Å². The number of amides is 2. The number of aromatic nitrogens is 1. The predicted octanol–water partition coefficient (Wildman–Crippen LogP) is 5.08. The Morgan fingerprint density at radius 3 is 2.56 bits per heavy atom. The first kappa shape index (κ1) is 22.7. The van der Waals surface area contributed by atoms with E-state index in [2.05, 4.69) is 35.1 Å². The van der Waals surface area contributed by atoms with Crippen LogP contribution >= 0.6 is 23.4 Å². The fraction of sp³-hybridized carbons (Fsp3) is 0.360. The van der Waals surface area contributed by atoms with Crippen molar-refractivity contribution in [3.05, 3.63) is 65.3 Å². The summed E-state index contributed by atoms with van der Waals surface area (Å²) in [6, 6.07) is 15.1. The summed E-state index contributed by atoms with van der Waals surface area (Å²) in [4.78, 5) is 28.1. The summed E-state index contributed by atoms with van der Waals surface area (Å²) in [5.74, 6) is 1.27. The molecule has 1 N–H and O–H groups in total. The number of halogens is 1. The number of thioether (sulfide) groups is 1. The number of carbonyl (C=O) groups is 2. The number of fused-ring (bicyclic) bond motifs is 1. The molecule has 1 aromatic heterocycles. The van der Waals surface area contributed by atoms with Crippen LogP contribution < -0.4 is 5.32 Å². The zero-order valence-electron chi connectivity index (χ0n) is 18.2. The molecule has 0 unspecified atom stereocenters. The van der Waals surface area contributed by atoms with Gasteiger partial charge < -0.3 is 14.8 Å². The van der Waals surface area contributed by atoms with E-state index in [0.29, 0.717) is 35.3 Å². The lowest BCUT2D eigenvalue weighted by molar-refractivity contribution is -0.129. The first-order valence-corrected chi connectivity index (χ1v) is 12.4. The first-order chi connectivity index (χ1) is 15.5. The largest absolute Gasteiger partial charge is 0.350 e. The molecule has 168 valence electrons. The third-order valence-corrected chi connectivity index (χ3v) is 7.26. The maximum Gasteiger partial charge on any atom is 0.251 e.